The molecule has 4 heteroatoms. The van der Waals surface area contributed by atoms with E-state index < -0.39 is 5.97 Å². The number of aromatic nitrogens is 2. The third-order valence-electron chi connectivity index (χ3n) is 1.41. The minimum atomic E-state index is -1.17. The molecule has 59 valence electrons. The third kappa shape index (κ3) is 1.39. The van der Waals surface area contributed by atoms with Crippen LogP contribution in [0, 0.1) is 6.92 Å². The second-order valence-corrected chi connectivity index (χ2v) is 2.27. The molecule has 0 bridgehead atoms. The van der Waals surface area contributed by atoms with Crippen LogP contribution in [-0.2, 0) is 11.7 Å². The molecule has 0 aliphatic heterocycles. The SMILES string of the molecule is CCn1nc(C)cc1C([O])=O. The number of rotatable bonds is 2. The lowest BCUT2D eigenvalue weighted by Gasteiger charge is -1.95. The van der Waals surface area contributed by atoms with Gasteiger partial charge in [0, 0.05) is 6.54 Å². The number of hydrogen-bond donors (Lipinski definition) is 0. The Morgan fingerprint density at radius 1 is 1.73 bits per heavy atom. The molecule has 1 heterocycles. The monoisotopic (exact) mass is 153 g/mol. The Morgan fingerprint density at radius 2 is 2.36 bits per heavy atom. The second-order valence-electron chi connectivity index (χ2n) is 2.27. The molecule has 0 fully saturated rings. The van der Waals surface area contributed by atoms with Gasteiger partial charge in [0.25, 0.3) is 0 Å². The summed E-state index contributed by atoms with van der Waals surface area (Å²) in [5.41, 5.74) is 0.844. The Morgan fingerprint density at radius 3 is 2.73 bits per heavy atom. The van der Waals surface area contributed by atoms with Crippen molar-refractivity contribution in [1.82, 2.24) is 9.78 Å². The van der Waals surface area contributed by atoms with Gasteiger partial charge in [-0.3, -0.25) is 4.68 Å². The minimum Gasteiger partial charge on any atom is -0.258 e. The maximum Gasteiger partial charge on any atom is 0.404 e. The molecule has 0 saturated heterocycles. The molecule has 1 aromatic rings. The smallest absolute Gasteiger partial charge is 0.258 e. The van der Waals surface area contributed by atoms with Crippen molar-refractivity contribution in [3.8, 4) is 0 Å². The zero-order chi connectivity index (χ0) is 8.43. The van der Waals surface area contributed by atoms with E-state index in [1.54, 1.807) is 6.92 Å². The normalized spacial score (nSPS) is 10.0. The van der Waals surface area contributed by atoms with Gasteiger partial charge in [-0.25, -0.2) is 9.90 Å². The molecule has 0 aliphatic carbocycles. The topological polar surface area (TPSA) is 54.8 Å². The number of carbonyl (C=O) groups excluding carboxylic acids is 1. The highest BCUT2D eigenvalue weighted by Gasteiger charge is 2.12. The lowest BCUT2D eigenvalue weighted by Crippen LogP contribution is -2.07. The Labute approximate surface area is 64.5 Å². The average molecular weight is 153 g/mol. The summed E-state index contributed by atoms with van der Waals surface area (Å²) in [5.74, 6) is -1.17. The maximum absolute atomic E-state index is 10.4. The highest BCUT2D eigenvalue weighted by atomic mass is 16.4. The van der Waals surface area contributed by atoms with Gasteiger partial charge in [-0.2, -0.15) is 5.10 Å². The summed E-state index contributed by atoms with van der Waals surface area (Å²) in [6.45, 7) is 4.13. The lowest BCUT2D eigenvalue weighted by molar-refractivity contribution is 0.0559. The molecule has 0 spiro atoms. The predicted octanol–water partition coefficient (Wildman–Crippen LogP) is 0.782. The van der Waals surface area contributed by atoms with Gasteiger partial charge in [-0.15, -0.1) is 0 Å². The maximum atomic E-state index is 10.4. The van der Waals surface area contributed by atoms with Crippen molar-refractivity contribution in [2.24, 2.45) is 0 Å². The third-order valence-corrected chi connectivity index (χ3v) is 1.41. The molecule has 0 amide bonds. The van der Waals surface area contributed by atoms with Crippen LogP contribution in [0.1, 0.15) is 23.1 Å². The number of hydrogen-bond acceptors (Lipinski definition) is 2. The van der Waals surface area contributed by atoms with E-state index in [1.165, 1.54) is 10.7 Å². The van der Waals surface area contributed by atoms with Gasteiger partial charge >= 0.3 is 5.97 Å². The highest BCUT2D eigenvalue weighted by Crippen LogP contribution is 2.02. The van der Waals surface area contributed by atoms with Gasteiger partial charge in [0.1, 0.15) is 0 Å². The molecule has 0 aliphatic rings. The summed E-state index contributed by atoms with van der Waals surface area (Å²) < 4.78 is 1.41. The molecule has 1 aromatic heterocycles. The standard InChI is InChI=1S/C7H9N2O2/c1-3-9-6(7(10)11)4-5(2)8-9/h4H,3H2,1-2H3. The quantitative estimate of drug-likeness (QED) is 0.630. The van der Waals surface area contributed by atoms with Crippen molar-refractivity contribution in [3.63, 3.8) is 0 Å². The van der Waals surface area contributed by atoms with Gasteiger partial charge in [0.05, 0.1) is 5.69 Å². The molecule has 1 rings (SSSR count). The van der Waals surface area contributed by atoms with Crippen LogP contribution in [0.3, 0.4) is 0 Å². The predicted molar refractivity (Wildman–Crippen MR) is 37.7 cm³/mol. The van der Waals surface area contributed by atoms with Crippen LogP contribution in [0.25, 0.3) is 0 Å². The van der Waals surface area contributed by atoms with E-state index in [1.807, 2.05) is 6.92 Å². The van der Waals surface area contributed by atoms with Crippen LogP contribution < -0.4 is 0 Å². The average Bonchev–Trinajstić information content (AvgIpc) is 2.30. The molecule has 1 radical (unpaired) electrons. The van der Waals surface area contributed by atoms with Crippen LogP contribution in [0.2, 0.25) is 0 Å². The summed E-state index contributed by atoms with van der Waals surface area (Å²) in [6.07, 6.45) is 0. The van der Waals surface area contributed by atoms with E-state index in [-0.39, 0.29) is 5.69 Å². The Bertz CT molecular complexity index is 278. The fourth-order valence-corrected chi connectivity index (χ4v) is 0.951. The summed E-state index contributed by atoms with van der Waals surface area (Å²) in [7, 11) is 0. The van der Waals surface area contributed by atoms with Gasteiger partial charge in [0.2, 0.25) is 0 Å². The van der Waals surface area contributed by atoms with Crippen LogP contribution in [0.4, 0.5) is 0 Å². The molecule has 11 heavy (non-hydrogen) atoms. The number of nitrogens with zero attached hydrogens (tertiary/aromatic N) is 2. The summed E-state index contributed by atoms with van der Waals surface area (Å²) in [5, 5.41) is 14.4. The first-order chi connectivity index (χ1) is 5.15. The van der Waals surface area contributed by atoms with E-state index in [0.717, 1.165) is 0 Å². The van der Waals surface area contributed by atoms with Crippen LogP contribution >= 0.6 is 0 Å². The molecular weight excluding hydrogens is 144 g/mol. The van der Waals surface area contributed by atoms with E-state index >= 15 is 0 Å². The van der Waals surface area contributed by atoms with Gasteiger partial charge in [-0.1, -0.05) is 0 Å². The van der Waals surface area contributed by atoms with E-state index in [0.29, 0.717) is 12.2 Å². The van der Waals surface area contributed by atoms with Gasteiger partial charge < -0.3 is 0 Å². The van der Waals surface area contributed by atoms with E-state index in [4.69, 9.17) is 0 Å². The van der Waals surface area contributed by atoms with E-state index in [9.17, 15) is 9.90 Å². The molecule has 0 saturated carbocycles. The van der Waals surface area contributed by atoms with Crippen molar-refractivity contribution in [1.29, 1.82) is 0 Å². The molecule has 0 aromatic carbocycles. The first-order valence-electron chi connectivity index (χ1n) is 3.41. The molecule has 0 atom stereocenters. The second kappa shape index (κ2) is 2.74. The lowest BCUT2D eigenvalue weighted by atomic mass is 10.4. The van der Waals surface area contributed by atoms with Gasteiger partial charge in [0.15, 0.2) is 5.69 Å². The Hall–Kier alpha value is -1.32. The minimum absolute atomic E-state index is 0.144. The summed E-state index contributed by atoms with van der Waals surface area (Å²) in [4.78, 5) is 10.4. The van der Waals surface area contributed by atoms with Gasteiger partial charge in [-0.05, 0) is 19.9 Å². The van der Waals surface area contributed by atoms with Crippen molar-refractivity contribution < 1.29 is 9.90 Å². The first kappa shape index (κ1) is 7.78. The molecule has 0 N–H and O–H groups in total. The van der Waals surface area contributed by atoms with E-state index in [2.05, 4.69) is 5.10 Å². The fraction of sp³-hybridized carbons (Fsp3) is 0.429. The molecule has 0 unspecified atom stereocenters. The van der Waals surface area contributed by atoms with Crippen molar-refractivity contribution in [2.75, 3.05) is 0 Å². The van der Waals surface area contributed by atoms with Crippen molar-refractivity contribution in [3.05, 3.63) is 17.5 Å². The largest absolute Gasteiger partial charge is 0.404 e. The van der Waals surface area contributed by atoms with Crippen LogP contribution in [0.5, 0.6) is 0 Å². The first-order valence-corrected chi connectivity index (χ1v) is 3.41. The zero-order valence-electron chi connectivity index (χ0n) is 6.50. The summed E-state index contributed by atoms with van der Waals surface area (Å²) in [6, 6.07) is 1.50. The molecular formula is C7H9N2O2. The van der Waals surface area contributed by atoms with Crippen LogP contribution in [-0.4, -0.2) is 15.7 Å². The highest BCUT2D eigenvalue weighted by molar-refractivity contribution is 5.85. The molecule has 4 nitrogen and oxygen atoms in total. The zero-order valence-corrected chi connectivity index (χ0v) is 6.50. The number of aryl methyl sites for hydroxylation is 2. The van der Waals surface area contributed by atoms with Crippen LogP contribution in [0.15, 0.2) is 6.07 Å². The van der Waals surface area contributed by atoms with Crippen molar-refractivity contribution in [2.45, 2.75) is 20.4 Å². The summed E-state index contributed by atoms with van der Waals surface area (Å²) >= 11 is 0. The Kier molecular flexibility index (Phi) is 1.94. The van der Waals surface area contributed by atoms with Crippen molar-refractivity contribution >= 4 is 5.97 Å². The number of carbonyl (C=O) groups is 1. The fourth-order valence-electron chi connectivity index (χ4n) is 0.951. The Balaban J connectivity index is 3.12.